The first kappa shape index (κ1) is 15.2. The monoisotopic (exact) mass is 332 g/mol. The topological polar surface area (TPSA) is 38.0 Å². The Kier molecular flexibility index (Phi) is 5.77. The minimum Gasteiger partial charge on any atom is -0.271 e. The maximum atomic E-state index is 5.68. The zero-order chi connectivity index (χ0) is 14.4. The molecule has 0 saturated heterocycles. The average molecular weight is 333 g/mol. The molecule has 20 heavy (non-hydrogen) atoms. The Morgan fingerprint density at radius 2 is 1.60 bits per heavy atom. The Morgan fingerprint density at radius 3 is 2.20 bits per heavy atom. The fourth-order valence-electron chi connectivity index (χ4n) is 2.24. The van der Waals surface area contributed by atoms with Crippen molar-refractivity contribution in [2.45, 2.75) is 32.2 Å². The van der Waals surface area contributed by atoms with E-state index in [1.54, 1.807) is 0 Å². The maximum Gasteiger partial charge on any atom is 0.0254 e. The van der Waals surface area contributed by atoms with Crippen LogP contribution in [0.2, 0.25) is 0 Å². The molecule has 2 rings (SSSR count). The molecule has 0 bridgehead atoms. The van der Waals surface area contributed by atoms with Gasteiger partial charge in [-0.2, -0.15) is 0 Å². The van der Waals surface area contributed by atoms with Crippen molar-refractivity contribution in [2.24, 2.45) is 5.84 Å². The van der Waals surface area contributed by atoms with Crippen LogP contribution >= 0.6 is 15.9 Å². The number of hydrazine groups is 1. The fraction of sp³-hybridized carbons (Fsp3) is 0.294. The van der Waals surface area contributed by atoms with Crippen molar-refractivity contribution in [3.8, 4) is 0 Å². The first-order chi connectivity index (χ1) is 9.67. The van der Waals surface area contributed by atoms with E-state index in [2.05, 4.69) is 76.8 Å². The summed E-state index contributed by atoms with van der Waals surface area (Å²) in [5.41, 5.74) is 6.91. The first-order valence-electron chi connectivity index (χ1n) is 6.93. The Balaban J connectivity index is 1.88. The number of hydrogen-bond acceptors (Lipinski definition) is 2. The molecular formula is C17H21BrN2. The number of aryl methyl sites for hydroxylation is 2. The average Bonchev–Trinajstić information content (AvgIpc) is 2.47. The molecular weight excluding hydrogens is 312 g/mol. The van der Waals surface area contributed by atoms with Crippen molar-refractivity contribution in [1.29, 1.82) is 0 Å². The molecule has 2 aromatic rings. The standard InChI is InChI=1S/C17H21BrN2/c1-13-2-4-14(5-3-13)8-11-17(20-19)12-15-6-9-16(18)10-7-15/h2-7,9-10,17,20H,8,11-12,19H2,1H3. The lowest BCUT2D eigenvalue weighted by Crippen LogP contribution is -2.37. The predicted octanol–water partition coefficient (Wildman–Crippen LogP) is 3.76. The molecule has 2 nitrogen and oxygen atoms in total. The lowest BCUT2D eigenvalue weighted by Gasteiger charge is -2.16. The van der Waals surface area contributed by atoms with Gasteiger partial charge in [0, 0.05) is 10.5 Å². The molecule has 3 heteroatoms. The van der Waals surface area contributed by atoms with Gasteiger partial charge in [-0.25, -0.2) is 0 Å². The van der Waals surface area contributed by atoms with Gasteiger partial charge in [0.1, 0.15) is 0 Å². The largest absolute Gasteiger partial charge is 0.271 e. The Morgan fingerprint density at radius 1 is 1.00 bits per heavy atom. The molecule has 2 aromatic carbocycles. The number of hydrogen-bond donors (Lipinski definition) is 2. The number of benzene rings is 2. The highest BCUT2D eigenvalue weighted by atomic mass is 79.9. The van der Waals surface area contributed by atoms with E-state index in [1.165, 1.54) is 16.7 Å². The molecule has 0 aliphatic rings. The van der Waals surface area contributed by atoms with E-state index in [0.717, 1.165) is 23.7 Å². The maximum absolute atomic E-state index is 5.68. The van der Waals surface area contributed by atoms with Gasteiger partial charge < -0.3 is 0 Å². The first-order valence-corrected chi connectivity index (χ1v) is 7.73. The van der Waals surface area contributed by atoms with Gasteiger partial charge in [-0.05, 0) is 49.4 Å². The van der Waals surface area contributed by atoms with Crippen molar-refractivity contribution in [2.75, 3.05) is 0 Å². The summed E-state index contributed by atoms with van der Waals surface area (Å²) in [5, 5.41) is 0. The molecule has 0 heterocycles. The smallest absolute Gasteiger partial charge is 0.0254 e. The van der Waals surface area contributed by atoms with Crippen molar-refractivity contribution in [3.05, 3.63) is 69.7 Å². The van der Waals surface area contributed by atoms with Gasteiger partial charge >= 0.3 is 0 Å². The van der Waals surface area contributed by atoms with Crippen LogP contribution in [-0.2, 0) is 12.8 Å². The van der Waals surface area contributed by atoms with Crippen LogP contribution < -0.4 is 11.3 Å². The van der Waals surface area contributed by atoms with E-state index >= 15 is 0 Å². The molecule has 0 amide bonds. The SMILES string of the molecule is Cc1ccc(CCC(Cc2ccc(Br)cc2)NN)cc1. The minimum absolute atomic E-state index is 0.303. The summed E-state index contributed by atoms with van der Waals surface area (Å²) in [5.74, 6) is 5.68. The van der Waals surface area contributed by atoms with E-state index in [0.29, 0.717) is 6.04 Å². The molecule has 0 fully saturated rings. The van der Waals surface area contributed by atoms with Crippen LogP contribution in [0.25, 0.3) is 0 Å². The van der Waals surface area contributed by atoms with Crippen LogP contribution in [0, 0.1) is 6.92 Å². The molecule has 0 aliphatic heterocycles. The summed E-state index contributed by atoms with van der Waals surface area (Å²) in [6.07, 6.45) is 3.04. The highest BCUT2D eigenvalue weighted by molar-refractivity contribution is 9.10. The molecule has 0 aromatic heterocycles. The van der Waals surface area contributed by atoms with E-state index in [1.807, 2.05) is 0 Å². The van der Waals surface area contributed by atoms with Crippen molar-refractivity contribution >= 4 is 15.9 Å². The Bertz CT molecular complexity index is 520. The fourth-order valence-corrected chi connectivity index (χ4v) is 2.51. The third-order valence-corrected chi connectivity index (χ3v) is 4.06. The number of rotatable bonds is 6. The highest BCUT2D eigenvalue weighted by Crippen LogP contribution is 2.14. The minimum atomic E-state index is 0.303. The van der Waals surface area contributed by atoms with Gasteiger partial charge in [0.2, 0.25) is 0 Å². The lowest BCUT2D eigenvalue weighted by molar-refractivity contribution is 0.491. The van der Waals surface area contributed by atoms with Crippen LogP contribution in [0.4, 0.5) is 0 Å². The van der Waals surface area contributed by atoms with Crippen LogP contribution in [0.5, 0.6) is 0 Å². The zero-order valence-corrected chi connectivity index (χ0v) is 13.4. The third kappa shape index (κ3) is 4.75. The molecule has 0 aliphatic carbocycles. The summed E-state index contributed by atoms with van der Waals surface area (Å²) in [6, 6.07) is 17.4. The van der Waals surface area contributed by atoms with Crippen molar-refractivity contribution in [1.82, 2.24) is 5.43 Å². The van der Waals surface area contributed by atoms with E-state index < -0.39 is 0 Å². The summed E-state index contributed by atoms with van der Waals surface area (Å²) in [6.45, 7) is 2.11. The summed E-state index contributed by atoms with van der Waals surface area (Å²) in [7, 11) is 0. The van der Waals surface area contributed by atoms with E-state index in [-0.39, 0.29) is 0 Å². The zero-order valence-electron chi connectivity index (χ0n) is 11.8. The van der Waals surface area contributed by atoms with Crippen LogP contribution in [0.3, 0.4) is 0 Å². The quantitative estimate of drug-likeness (QED) is 0.624. The van der Waals surface area contributed by atoms with Gasteiger partial charge in [0.15, 0.2) is 0 Å². The van der Waals surface area contributed by atoms with Gasteiger partial charge in [0.25, 0.3) is 0 Å². The van der Waals surface area contributed by atoms with Crippen LogP contribution in [-0.4, -0.2) is 6.04 Å². The Hall–Kier alpha value is -1.16. The van der Waals surface area contributed by atoms with Gasteiger partial charge in [-0.15, -0.1) is 0 Å². The van der Waals surface area contributed by atoms with E-state index in [9.17, 15) is 0 Å². The molecule has 1 unspecified atom stereocenters. The highest BCUT2D eigenvalue weighted by Gasteiger charge is 2.08. The second-order valence-electron chi connectivity index (χ2n) is 5.22. The number of nitrogens with one attached hydrogen (secondary N) is 1. The third-order valence-electron chi connectivity index (χ3n) is 3.53. The second kappa shape index (κ2) is 7.58. The van der Waals surface area contributed by atoms with E-state index in [4.69, 9.17) is 5.84 Å². The van der Waals surface area contributed by atoms with Crippen molar-refractivity contribution in [3.63, 3.8) is 0 Å². The normalized spacial score (nSPS) is 12.3. The van der Waals surface area contributed by atoms with Gasteiger partial charge in [-0.3, -0.25) is 11.3 Å². The number of nitrogens with two attached hydrogens (primary N) is 1. The summed E-state index contributed by atoms with van der Waals surface area (Å²) < 4.78 is 1.11. The molecule has 0 spiro atoms. The lowest BCUT2D eigenvalue weighted by atomic mass is 9.99. The van der Waals surface area contributed by atoms with Crippen LogP contribution in [0.1, 0.15) is 23.1 Å². The van der Waals surface area contributed by atoms with Gasteiger partial charge in [0.05, 0.1) is 0 Å². The van der Waals surface area contributed by atoms with Crippen molar-refractivity contribution < 1.29 is 0 Å². The Labute approximate surface area is 129 Å². The molecule has 0 saturated carbocycles. The van der Waals surface area contributed by atoms with Gasteiger partial charge in [-0.1, -0.05) is 57.9 Å². The summed E-state index contributed by atoms with van der Waals surface area (Å²) in [4.78, 5) is 0. The molecule has 106 valence electrons. The molecule has 1 atom stereocenters. The number of halogens is 1. The summed E-state index contributed by atoms with van der Waals surface area (Å²) >= 11 is 3.46. The van der Waals surface area contributed by atoms with Crippen LogP contribution in [0.15, 0.2) is 53.0 Å². The molecule has 0 radical (unpaired) electrons. The molecule has 3 N–H and O–H groups in total. The second-order valence-corrected chi connectivity index (χ2v) is 6.13. The predicted molar refractivity (Wildman–Crippen MR) is 88.5 cm³/mol.